The molecule has 1 aromatic rings. The molecule has 2 atom stereocenters. The lowest BCUT2D eigenvalue weighted by atomic mass is 9.90. The molecule has 18 heavy (non-hydrogen) atoms. The monoisotopic (exact) mass is 330 g/mol. The van der Waals surface area contributed by atoms with Crippen LogP contribution in [0.3, 0.4) is 0 Å². The first-order valence-electron chi connectivity index (χ1n) is 6.44. The molecule has 0 aliphatic carbocycles. The van der Waals surface area contributed by atoms with Crippen LogP contribution >= 0.6 is 27.3 Å². The third kappa shape index (κ3) is 3.80. The van der Waals surface area contributed by atoms with E-state index >= 15 is 0 Å². The number of carbonyl (C=O) groups is 1. The van der Waals surface area contributed by atoms with Crippen molar-refractivity contribution in [3.8, 4) is 0 Å². The Morgan fingerprint density at radius 3 is 3.11 bits per heavy atom. The summed E-state index contributed by atoms with van der Waals surface area (Å²) in [4.78, 5) is 13.2. The molecule has 2 heterocycles. The normalized spacial score (nSPS) is 23.9. The lowest BCUT2D eigenvalue weighted by Crippen LogP contribution is -2.48. The smallest absolute Gasteiger partial charge is 0.237 e. The summed E-state index contributed by atoms with van der Waals surface area (Å²) in [7, 11) is 0. The molecule has 0 spiro atoms. The first-order valence-corrected chi connectivity index (χ1v) is 8.05. The summed E-state index contributed by atoms with van der Waals surface area (Å²) in [5.74, 6) is 0.829. The highest BCUT2D eigenvalue weighted by molar-refractivity contribution is 9.11. The maximum atomic E-state index is 12.1. The third-order valence-electron chi connectivity index (χ3n) is 3.47. The van der Waals surface area contributed by atoms with Gasteiger partial charge < -0.3 is 10.6 Å². The van der Waals surface area contributed by atoms with Crippen LogP contribution in [-0.4, -0.2) is 18.5 Å². The second-order valence-electron chi connectivity index (χ2n) is 4.73. The fraction of sp³-hybridized carbons (Fsp3) is 0.615. The van der Waals surface area contributed by atoms with E-state index in [-0.39, 0.29) is 11.9 Å². The van der Waals surface area contributed by atoms with Crippen LogP contribution in [-0.2, 0) is 11.3 Å². The molecule has 1 aromatic heterocycles. The largest absolute Gasteiger partial charge is 0.350 e. The zero-order chi connectivity index (χ0) is 13.0. The topological polar surface area (TPSA) is 41.1 Å². The van der Waals surface area contributed by atoms with E-state index in [1.165, 1.54) is 17.7 Å². The number of piperidine rings is 1. The van der Waals surface area contributed by atoms with Crippen LogP contribution in [0.5, 0.6) is 0 Å². The van der Waals surface area contributed by atoms with Gasteiger partial charge in [0.2, 0.25) is 5.91 Å². The molecule has 0 aromatic carbocycles. The lowest BCUT2D eigenvalue weighted by molar-refractivity contribution is -0.124. The van der Waals surface area contributed by atoms with Crippen molar-refractivity contribution in [1.82, 2.24) is 10.6 Å². The number of hydrogen-bond donors (Lipinski definition) is 2. The first kappa shape index (κ1) is 14.0. The highest BCUT2D eigenvalue weighted by atomic mass is 79.9. The summed E-state index contributed by atoms with van der Waals surface area (Å²) in [6, 6.07) is 4.04. The Labute approximate surface area is 120 Å². The predicted molar refractivity (Wildman–Crippen MR) is 78.7 cm³/mol. The van der Waals surface area contributed by atoms with E-state index in [2.05, 4.69) is 33.5 Å². The average molecular weight is 331 g/mol. The number of hydrogen-bond acceptors (Lipinski definition) is 3. The van der Waals surface area contributed by atoms with Crippen LogP contribution in [0.2, 0.25) is 0 Å². The fourth-order valence-electron chi connectivity index (χ4n) is 2.31. The van der Waals surface area contributed by atoms with Crippen molar-refractivity contribution < 1.29 is 4.79 Å². The highest BCUT2D eigenvalue weighted by Crippen LogP contribution is 2.22. The molecule has 0 bridgehead atoms. The molecule has 100 valence electrons. The van der Waals surface area contributed by atoms with Crippen molar-refractivity contribution in [2.45, 2.75) is 38.8 Å². The first-order chi connectivity index (χ1) is 8.69. The van der Waals surface area contributed by atoms with E-state index in [0.29, 0.717) is 12.5 Å². The predicted octanol–water partition coefficient (Wildman–Crippen LogP) is 2.91. The molecule has 1 aliphatic heterocycles. The van der Waals surface area contributed by atoms with Crippen LogP contribution in [0.1, 0.15) is 31.1 Å². The van der Waals surface area contributed by atoms with E-state index < -0.39 is 0 Å². The second-order valence-corrected chi connectivity index (χ2v) is 7.28. The number of halogens is 1. The Bertz CT molecular complexity index is 407. The van der Waals surface area contributed by atoms with Crippen LogP contribution < -0.4 is 10.6 Å². The maximum Gasteiger partial charge on any atom is 0.237 e. The summed E-state index contributed by atoms with van der Waals surface area (Å²) in [5.41, 5.74) is 0. The van der Waals surface area contributed by atoms with E-state index in [1.54, 1.807) is 11.3 Å². The van der Waals surface area contributed by atoms with Gasteiger partial charge in [0, 0.05) is 4.88 Å². The molecular weight excluding hydrogens is 312 g/mol. The van der Waals surface area contributed by atoms with Gasteiger partial charge in [-0.25, -0.2) is 0 Å². The van der Waals surface area contributed by atoms with Crippen molar-refractivity contribution in [3.05, 3.63) is 20.8 Å². The molecular formula is C13H19BrN2OS. The Balaban J connectivity index is 1.80. The van der Waals surface area contributed by atoms with Gasteiger partial charge in [0.15, 0.2) is 0 Å². The van der Waals surface area contributed by atoms with Crippen LogP contribution in [0.25, 0.3) is 0 Å². The Morgan fingerprint density at radius 2 is 2.44 bits per heavy atom. The molecule has 0 radical (unpaired) electrons. The molecule has 1 aliphatic rings. The molecule has 3 nitrogen and oxygen atoms in total. The van der Waals surface area contributed by atoms with E-state index in [9.17, 15) is 4.79 Å². The van der Waals surface area contributed by atoms with Crippen molar-refractivity contribution in [2.24, 2.45) is 5.92 Å². The zero-order valence-corrected chi connectivity index (χ0v) is 12.9. The summed E-state index contributed by atoms with van der Waals surface area (Å²) in [5, 5.41) is 6.32. The van der Waals surface area contributed by atoms with Gasteiger partial charge in [-0.1, -0.05) is 13.3 Å². The lowest BCUT2D eigenvalue weighted by Gasteiger charge is -2.28. The van der Waals surface area contributed by atoms with Crippen molar-refractivity contribution in [3.63, 3.8) is 0 Å². The highest BCUT2D eigenvalue weighted by Gasteiger charge is 2.25. The Hall–Kier alpha value is -0.390. The quantitative estimate of drug-likeness (QED) is 0.891. The van der Waals surface area contributed by atoms with Gasteiger partial charge in [-0.3, -0.25) is 4.79 Å². The van der Waals surface area contributed by atoms with Gasteiger partial charge in [-0.15, -0.1) is 11.3 Å². The molecule has 2 unspecified atom stereocenters. The summed E-state index contributed by atoms with van der Waals surface area (Å²) in [6.45, 7) is 3.79. The van der Waals surface area contributed by atoms with Crippen LogP contribution in [0.15, 0.2) is 15.9 Å². The van der Waals surface area contributed by atoms with Gasteiger partial charge in [0.1, 0.15) is 0 Å². The standard InChI is InChI=1S/C13H19BrN2OS/c1-2-9-5-6-15-11(7-9)13(17)16-8-10-3-4-12(14)18-10/h3-4,9,11,15H,2,5-8H2,1H3,(H,16,17). The molecule has 1 fully saturated rings. The minimum Gasteiger partial charge on any atom is -0.350 e. The summed E-state index contributed by atoms with van der Waals surface area (Å²) >= 11 is 5.09. The maximum absolute atomic E-state index is 12.1. The van der Waals surface area contributed by atoms with Crippen molar-refractivity contribution in [2.75, 3.05) is 6.54 Å². The minimum atomic E-state index is -0.00731. The zero-order valence-electron chi connectivity index (χ0n) is 10.5. The van der Waals surface area contributed by atoms with Gasteiger partial charge in [0.25, 0.3) is 0 Å². The van der Waals surface area contributed by atoms with Crippen molar-refractivity contribution >= 4 is 33.2 Å². The van der Waals surface area contributed by atoms with Gasteiger partial charge in [-0.05, 0) is 53.4 Å². The summed E-state index contributed by atoms with van der Waals surface area (Å²) < 4.78 is 1.11. The number of thiophene rings is 1. The molecule has 2 rings (SSSR count). The number of rotatable bonds is 4. The molecule has 1 amide bonds. The summed E-state index contributed by atoms with van der Waals surface area (Å²) in [6.07, 6.45) is 3.33. The molecule has 5 heteroatoms. The van der Waals surface area contributed by atoms with E-state index in [4.69, 9.17) is 0 Å². The van der Waals surface area contributed by atoms with Gasteiger partial charge in [0.05, 0.1) is 16.4 Å². The van der Waals surface area contributed by atoms with Gasteiger partial charge >= 0.3 is 0 Å². The van der Waals surface area contributed by atoms with Crippen LogP contribution in [0, 0.1) is 5.92 Å². The van der Waals surface area contributed by atoms with E-state index in [0.717, 1.165) is 16.8 Å². The number of carbonyl (C=O) groups excluding carboxylic acids is 1. The van der Waals surface area contributed by atoms with Crippen molar-refractivity contribution in [1.29, 1.82) is 0 Å². The Kier molecular flexibility index (Phi) is 5.21. The Morgan fingerprint density at radius 1 is 1.61 bits per heavy atom. The SMILES string of the molecule is CCC1CCNC(C(=O)NCc2ccc(Br)s2)C1. The van der Waals surface area contributed by atoms with Crippen LogP contribution in [0.4, 0.5) is 0 Å². The molecule has 0 saturated carbocycles. The van der Waals surface area contributed by atoms with Gasteiger partial charge in [-0.2, -0.15) is 0 Å². The molecule has 1 saturated heterocycles. The second kappa shape index (κ2) is 6.68. The number of amides is 1. The number of nitrogens with one attached hydrogen (secondary N) is 2. The minimum absolute atomic E-state index is 0.00731. The fourth-order valence-corrected chi connectivity index (χ4v) is 3.73. The van der Waals surface area contributed by atoms with E-state index in [1.807, 2.05) is 12.1 Å². The average Bonchev–Trinajstić information content (AvgIpc) is 2.82. The third-order valence-corrected chi connectivity index (χ3v) is 5.10. The molecule has 2 N–H and O–H groups in total.